The molecule has 0 aliphatic rings. The summed E-state index contributed by atoms with van der Waals surface area (Å²) in [6.45, 7) is 11.6. The Morgan fingerprint density at radius 1 is 0.684 bits per heavy atom. The molecular weight excluding hydrogens is 614 g/mol. The van der Waals surface area contributed by atoms with E-state index in [0.29, 0.717) is 23.4 Å². The van der Waals surface area contributed by atoms with Gasteiger partial charge < -0.3 is 9.47 Å². The molecule has 1 heterocycles. The number of anilines is 2. The Morgan fingerprint density at radius 3 is 1.50 bits per heavy atom. The second-order valence-electron chi connectivity index (χ2n) is 10.8. The molecule has 0 N–H and O–H groups in total. The number of amides is 2. The van der Waals surface area contributed by atoms with Crippen molar-refractivity contribution in [3.8, 4) is 0 Å². The Hall–Kier alpha value is -2.91. The van der Waals surface area contributed by atoms with E-state index in [9.17, 15) is 9.59 Å². The van der Waals surface area contributed by atoms with Crippen molar-refractivity contribution in [3.05, 3.63) is 87.1 Å². The summed E-state index contributed by atoms with van der Waals surface area (Å²) in [4.78, 5) is 33.5. The Morgan fingerprint density at radius 2 is 1.11 bits per heavy atom. The number of hydrogen-bond acceptors (Lipinski definition) is 5. The van der Waals surface area contributed by atoms with Gasteiger partial charge in [0.05, 0.1) is 25.0 Å². The molecule has 38 heavy (non-hydrogen) atoms. The van der Waals surface area contributed by atoms with Crippen molar-refractivity contribution >= 4 is 55.4 Å². The fraction of sp³-hybridized carbons (Fsp3) is 0.345. The van der Waals surface area contributed by atoms with Crippen molar-refractivity contribution in [3.63, 3.8) is 0 Å². The molecule has 0 unspecified atom stereocenters. The predicted molar refractivity (Wildman–Crippen MR) is 157 cm³/mol. The van der Waals surface area contributed by atoms with Gasteiger partial charge in [-0.1, -0.05) is 40.2 Å². The zero-order chi connectivity index (χ0) is 28.1. The zero-order valence-corrected chi connectivity index (χ0v) is 25.7. The maximum Gasteiger partial charge on any atom is 0.415 e. The summed E-state index contributed by atoms with van der Waals surface area (Å²) in [6.07, 6.45) is 0.735. The van der Waals surface area contributed by atoms with Gasteiger partial charge >= 0.3 is 12.2 Å². The van der Waals surface area contributed by atoms with Crippen molar-refractivity contribution < 1.29 is 19.1 Å². The van der Waals surface area contributed by atoms with Crippen LogP contribution in [0.25, 0.3) is 0 Å². The van der Waals surface area contributed by atoms with Gasteiger partial charge in [-0.15, -0.1) is 0 Å². The number of pyridine rings is 1. The predicted octanol–water partition coefficient (Wildman–Crippen LogP) is 8.49. The van der Waals surface area contributed by atoms with Crippen molar-refractivity contribution in [1.82, 2.24) is 4.98 Å². The first-order valence-corrected chi connectivity index (χ1v) is 13.7. The van der Waals surface area contributed by atoms with Gasteiger partial charge in [0, 0.05) is 10.2 Å². The van der Waals surface area contributed by atoms with Crippen LogP contribution in [0.5, 0.6) is 0 Å². The molecule has 0 radical (unpaired) electrons. The lowest BCUT2D eigenvalue weighted by Gasteiger charge is -2.28. The number of halogens is 2. The Bertz CT molecular complexity index is 1130. The van der Waals surface area contributed by atoms with Gasteiger partial charge in [0.15, 0.2) is 0 Å². The lowest BCUT2D eigenvalue weighted by Crippen LogP contribution is -2.37. The lowest BCUT2D eigenvalue weighted by atomic mass is 10.1. The maximum atomic E-state index is 13.1. The van der Waals surface area contributed by atoms with Crippen LogP contribution in [0, 0.1) is 0 Å². The molecule has 0 saturated carbocycles. The van der Waals surface area contributed by atoms with Gasteiger partial charge in [-0.05, 0) is 105 Å². The molecule has 3 aromatic rings. The summed E-state index contributed by atoms with van der Waals surface area (Å²) in [5, 5.41) is 0. The summed E-state index contributed by atoms with van der Waals surface area (Å²) in [6, 6.07) is 18.9. The minimum atomic E-state index is -0.639. The molecule has 7 nitrogen and oxygen atoms in total. The molecule has 0 spiro atoms. The number of ether oxygens (including phenoxy) is 2. The van der Waals surface area contributed by atoms with E-state index in [-0.39, 0.29) is 0 Å². The van der Waals surface area contributed by atoms with Crippen molar-refractivity contribution in [2.24, 2.45) is 0 Å². The molecule has 0 atom stereocenters. The highest BCUT2D eigenvalue weighted by Crippen LogP contribution is 2.25. The number of rotatable bonds is 6. The monoisotopic (exact) mass is 645 g/mol. The Balaban J connectivity index is 1.83. The quantitative estimate of drug-likeness (QED) is 0.251. The largest absolute Gasteiger partial charge is 0.443 e. The first kappa shape index (κ1) is 29.6. The van der Waals surface area contributed by atoms with E-state index in [0.717, 1.165) is 21.3 Å². The third-order valence-corrected chi connectivity index (χ3v) is 6.09. The van der Waals surface area contributed by atoms with Gasteiger partial charge in [0.25, 0.3) is 0 Å². The summed E-state index contributed by atoms with van der Waals surface area (Å²) < 4.78 is 12.9. The smallest absolute Gasteiger partial charge is 0.415 e. The van der Waals surface area contributed by atoms with Crippen LogP contribution in [-0.2, 0) is 22.6 Å². The van der Waals surface area contributed by atoms with E-state index in [2.05, 4.69) is 36.8 Å². The molecule has 0 bridgehead atoms. The van der Waals surface area contributed by atoms with Crippen LogP contribution in [-0.4, -0.2) is 28.4 Å². The van der Waals surface area contributed by atoms with Crippen molar-refractivity contribution in [2.45, 2.75) is 65.8 Å². The third-order valence-electron chi connectivity index (χ3n) is 5.09. The minimum Gasteiger partial charge on any atom is -0.443 e. The van der Waals surface area contributed by atoms with Gasteiger partial charge in [-0.25, -0.2) is 14.6 Å². The summed E-state index contributed by atoms with van der Waals surface area (Å²) in [5.41, 5.74) is 1.90. The zero-order valence-electron chi connectivity index (χ0n) is 22.5. The normalized spacial score (nSPS) is 11.6. The maximum absolute atomic E-state index is 13.1. The van der Waals surface area contributed by atoms with E-state index in [1.165, 1.54) is 0 Å². The minimum absolute atomic E-state index is 0.293. The van der Waals surface area contributed by atoms with Crippen LogP contribution < -0.4 is 9.80 Å². The van der Waals surface area contributed by atoms with E-state index in [1.807, 2.05) is 96.1 Å². The van der Waals surface area contributed by atoms with Gasteiger partial charge in [0.1, 0.15) is 15.8 Å². The summed E-state index contributed by atoms with van der Waals surface area (Å²) in [7, 11) is 0. The van der Waals surface area contributed by atoms with Gasteiger partial charge in [0.2, 0.25) is 0 Å². The van der Waals surface area contributed by atoms with Crippen LogP contribution in [0.1, 0.15) is 52.7 Å². The van der Waals surface area contributed by atoms with E-state index in [4.69, 9.17) is 9.47 Å². The molecule has 0 saturated heterocycles. The summed E-state index contributed by atoms with van der Waals surface area (Å²) >= 11 is 6.78. The fourth-order valence-corrected chi connectivity index (χ4v) is 3.92. The second kappa shape index (κ2) is 12.3. The van der Waals surface area contributed by atoms with Crippen LogP contribution >= 0.6 is 31.9 Å². The first-order chi connectivity index (χ1) is 17.7. The average molecular weight is 647 g/mol. The molecule has 2 amide bonds. The lowest BCUT2D eigenvalue weighted by molar-refractivity contribution is 0.0566. The van der Waals surface area contributed by atoms with Gasteiger partial charge in [-0.3, -0.25) is 9.80 Å². The highest BCUT2D eigenvalue weighted by atomic mass is 79.9. The fourth-order valence-electron chi connectivity index (χ4n) is 3.42. The SMILES string of the molecule is CC(C)(C)OC(=O)N(Cc1ccc(CN(C(=O)OC(C)(C)C)c2ccc(Br)nc2)cc1)c1ccc(Br)cc1. The topological polar surface area (TPSA) is 72.0 Å². The summed E-state index contributed by atoms with van der Waals surface area (Å²) in [5.74, 6) is 0. The number of carbonyl (C=O) groups is 2. The Kier molecular flexibility index (Phi) is 9.59. The van der Waals surface area contributed by atoms with Crippen LogP contribution in [0.4, 0.5) is 21.0 Å². The number of benzene rings is 2. The molecule has 202 valence electrons. The van der Waals surface area contributed by atoms with E-state index in [1.54, 1.807) is 22.1 Å². The molecule has 1 aromatic heterocycles. The second-order valence-corrected chi connectivity index (χ2v) is 12.5. The highest BCUT2D eigenvalue weighted by Gasteiger charge is 2.25. The molecular formula is C29H33Br2N3O4. The third kappa shape index (κ3) is 9.13. The van der Waals surface area contributed by atoms with Gasteiger partial charge in [-0.2, -0.15) is 0 Å². The van der Waals surface area contributed by atoms with E-state index < -0.39 is 23.4 Å². The van der Waals surface area contributed by atoms with Crippen LogP contribution in [0.3, 0.4) is 0 Å². The molecule has 3 rings (SSSR count). The number of carbonyl (C=O) groups excluding carboxylic acids is 2. The van der Waals surface area contributed by atoms with Crippen molar-refractivity contribution in [2.75, 3.05) is 9.80 Å². The number of nitrogens with zero attached hydrogens (tertiary/aromatic N) is 3. The average Bonchev–Trinajstić information content (AvgIpc) is 2.81. The molecule has 0 aliphatic carbocycles. The van der Waals surface area contributed by atoms with Crippen LogP contribution in [0.15, 0.2) is 75.9 Å². The first-order valence-electron chi connectivity index (χ1n) is 12.2. The molecule has 9 heteroatoms. The standard InChI is InChI=1S/C29H33Br2N3O4/c1-28(2,3)37-26(35)33(23-13-11-22(30)12-14-23)18-20-7-9-21(10-8-20)19-34(27(36)38-29(4,5)6)24-15-16-25(31)32-17-24/h7-17H,18-19H2,1-6H3. The molecule has 2 aromatic carbocycles. The highest BCUT2D eigenvalue weighted by molar-refractivity contribution is 9.10. The van der Waals surface area contributed by atoms with E-state index >= 15 is 0 Å². The number of hydrogen-bond donors (Lipinski definition) is 0. The molecule has 0 fully saturated rings. The van der Waals surface area contributed by atoms with Crippen LogP contribution in [0.2, 0.25) is 0 Å². The number of aromatic nitrogens is 1. The van der Waals surface area contributed by atoms with Crippen molar-refractivity contribution in [1.29, 1.82) is 0 Å². The molecule has 0 aliphatic heterocycles. The Labute approximate surface area is 241 Å².